The Kier molecular flexibility index (Phi) is 4.94. The first kappa shape index (κ1) is 17.9. The number of aromatic carboxylic acids is 1. The molecular weight excluding hydrogens is 338 g/mol. The molecule has 8 nitrogen and oxygen atoms in total. The van der Waals surface area contributed by atoms with Crippen LogP contribution in [0.1, 0.15) is 33.3 Å². The Hall–Kier alpha value is -2.87. The minimum absolute atomic E-state index is 0.157. The summed E-state index contributed by atoms with van der Waals surface area (Å²) in [6.45, 7) is 4.82. The van der Waals surface area contributed by atoms with Crippen LogP contribution in [0, 0.1) is 6.92 Å². The Morgan fingerprint density at radius 2 is 1.96 bits per heavy atom. The fourth-order valence-corrected chi connectivity index (χ4v) is 2.95. The molecule has 0 saturated carbocycles. The smallest absolute Gasteiger partial charge is 0.335 e. The number of aryl methyl sites for hydroxylation is 2. The van der Waals surface area contributed by atoms with Gasteiger partial charge in [0, 0.05) is 12.7 Å². The molecule has 2 heterocycles. The average Bonchev–Trinajstić information content (AvgIpc) is 3.17. The third-order valence-corrected chi connectivity index (χ3v) is 4.41. The van der Waals surface area contributed by atoms with Crippen molar-refractivity contribution in [1.29, 1.82) is 0 Å². The first-order valence-corrected chi connectivity index (χ1v) is 8.40. The van der Waals surface area contributed by atoms with Crippen molar-refractivity contribution in [1.82, 2.24) is 14.7 Å². The minimum Gasteiger partial charge on any atom is -0.486 e. The van der Waals surface area contributed by atoms with Crippen LogP contribution in [0.5, 0.6) is 5.75 Å². The standard InChI is InChI=1S/C18H21N3O5/c1-3-21-8-14(11(2)19-21)17(23)20-9-15(22)16(10-20)26-13-6-4-12(5-7-13)18(24)25/h4-8,15-16,22H,3,9-10H2,1-2H3,(H,24,25)/t15-,16-/m1/s1. The highest BCUT2D eigenvalue weighted by Crippen LogP contribution is 2.22. The average molecular weight is 359 g/mol. The second-order valence-electron chi connectivity index (χ2n) is 6.25. The molecule has 0 radical (unpaired) electrons. The van der Waals surface area contributed by atoms with E-state index in [1.807, 2.05) is 6.92 Å². The molecule has 138 valence electrons. The first-order chi connectivity index (χ1) is 12.4. The molecule has 0 unspecified atom stereocenters. The molecule has 26 heavy (non-hydrogen) atoms. The van der Waals surface area contributed by atoms with E-state index in [-0.39, 0.29) is 24.6 Å². The van der Waals surface area contributed by atoms with Gasteiger partial charge >= 0.3 is 5.97 Å². The minimum atomic E-state index is -1.02. The van der Waals surface area contributed by atoms with Gasteiger partial charge in [0.2, 0.25) is 0 Å². The third-order valence-electron chi connectivity index (χ3n) is 4.41. The summed E-state index contributed by atoms with van der Waals surface area (Å²) in [7, 11) is 0. The fraction of sp³-hybridized carbons (Fsp3) is 0.389. The molecular formula is C18H21N3O5. The maximum Gasteiger partial charge on any atom is 0.335 e. The number of ether oxygens (including phenoxy) is 1. The van der Waals surface area contributed by atoms with Crippen molar-refractivity contribution < 1.29 is 24.5 Å². The zero-order chi connectivity index (χ0) is 18.8. The van der Waals surface area contributed by atoms with E-state index in [0.29, 0.717) is 23.6 Å². The fourth-order valence-electron chi connectivity index (χ4n) is 2.95. The van der Waals surface area contributed by atoms with Crippen molar-refractivity contribution in [2.75, 3.05) is 13.1 Å². The van der Waals surface area contributed by atoms with Crippen molar-refractivity contribution >= 4 is 11.9 Å². The number of amides is 1. The highest BCUT2D eigenvalue weighted by Gasteiger charge is 2.36. The summed E-state index contributed by atoms with van der Waals surface area (Å²) >= 11 is 0. The molecule has 1 saturated heterocycles. The lowest BCUT2D eigenvalue weighted by atomic mass is 10.2. The van der Waals surface area contributed by atoms with E-state index in [1.165, 1.54) is 24.3 Å². The van der Waals surface area contributed by atoms with E-state index < -0.39 is 18.2 Å². The van der Waals surface area contributed by atoms with Crippen LogP contribution in [0.25, 0.3) is 0 Å². The molecule has 3 rings (SSSR count). The lowest BCUT2D eigenvalue weighted by Gasteiger charge is -2.17. The number of carboxylic acid groups (broad SMARTS) is 1. The van der Waals surface area contributed by atoms with Gasteiger partial charge in [0.15, 0.2) is 0 Å². The van der Waals surface area contributed by atoms with E-state index in [1.54, 1.807) is 22.7 Å². The van der Waals surface area contributed by atoms with E-state index in [2.05, 4.69) is 5.10 Å². The summed E-state index contributed by atoms with van der Waals surface area (Å²) < 4.78 is 7.44. The van der Waals surface area contributed by atoms with Gasteiger partial charge in [-0.3, -0.25) is 9.48 Å². The van der Waals surface area contributed by atoms with Crippen LogP contribution >= 0.6 is 0 Å². The van der Waals surface area contributed by atoms with Crippen LogP contribution in [0.2, 0.25) is 0 Å². The van der Waals surface area contributed by atoms with Crippen LogP contribution in [0.4, 0.5) is 0 Å². The first-order valence-electron chi connectivity index (χ1n) is 8.40. The number of carbonyl (C=O) groups excluding carboxylic acids is 1. The molecule has 1 aromatic carbocycles. The number of carbonyl (C=O) groups is 2. The Bertz CT molecular complexity index is 815. The molecule has 0 bridgehead atoms. The largest absolute Gasteiger partial charge is 0.486 e. The van der Waals surface area contributed by atoms with Crippen molar-refractivity contribution in [3.8, 4) is 5.75 Å². The van der Waals surface area contributed by atoms with Gasteiger partial charge in [-0.1, -0.05) is 0 Å². The molecule has 8 heteroatoms. The molecule has 1 aromatic heterocycles. The predicted molar refractivity (Wildman–Crippen MR) is 92.4 cm³/mol. The summed E-state index contributed by atoms with van der Waals surface area (Å²) in [5, 5.41) is 23.4. The SMILES string of the molecule is CCn1cc(C(=O)N2C[C@@H](O)[C@H](Oc3ccc(C(=O)O)cc3)C2)c(C)n1. The number of aliphatic hydroxyl groups excluding tert-OH is 1. The zero-order valence-corrected chi connectivity index (χ0v) is 14.6. The molecule has 0 spiro atoms. The second kappa shape index (κ2) is 7.17. The molecule has 1 aliphatic heterocycles. The summed E-state index contributed by atoms with van der Waals surface area (Å²) in [5.41, 5.74) is 1.33. The van der Waals surface area contributed by atoms with Gasteiger partial charge in [-0.25, -0.2) is 4.79 Å². The summed E-state index contributed by atoms with van der Waals surface area (Å²) in [4.78, 5) is 25.1. The monoisotopic (exact) mass is 359 g/mol. The Morgan fingerprint density at radius 1 is 1.27 bits per heavy atom. The van der Waals surface area contributed by atoms with Crippen LogP contribution in [0.15, 0.2) is 30.5 Å². The number of hydrogen-bond acceptors (Lipinski definition) is 5. The van der Waals surface area contributed by atoms with E-state index >= 15 is 0 Å². The van der Waals surface area contributed by atoms with Gasteiger partial charge in [-0.2, -0.15) is 5.10 Å². The normalized spacial score (nSPS) is 19.6. The third kappa shape index (κ3) is 3.55. The van der Waals surface area contributed by atoms with Crippen LogP contribution in [0.3, 0.4) is 0 Å². The van der Waals surface area contributed by atoms with Crippen LogP contribution in [-0.2, 0) is 6.54 Å². The number of β-amino-alcohol motifs (C(OH)–C–C–N with tert-alkyl or cyclic N) is 1. The molecule has 1 aliphatic rings. The number of aliphatic hydroxyl groups is 1. The van der Waals surface area contributed by atoms with Crippen LogP contribution < -0.4 is 4.74 Å². The maximum atomic E-state index is 12.7. The van der Waals surface area contributed by atoms with Crippen molar-refractivity contribution in [2.24, 2.45) is 0 Å². The van der Waals surface area contributed by atoms with Gasteiger partial charge < -0.3 is 19.8 Å². The van der Waals surface area contributed by atoms with E-state index in [0.717, 1.165) is 0 Å². The Morgan fingerprint density at radius 3 is 2.54 bits per heavy atom. The molecule has 2 aromatic rings. The highest BCUT2D eigenvalue weighted by molar-refractivity contribution is 5.95. The number of aromatic nitrogens is 2. The maximum absolute atomic E-state index is 12.7. The van der Waals surface area contributed by atoms with E-state index in [4.69, 9.17) is 9.84 Å². The number of hydrogen-bond donors (Lipinski definition) is 2. The summed E-state index contributed by atoms with van der Waals surface area (Å²) in [5.74, 6) is -0.755. The van der Waals surface area contributed by atoms with Crippen LogP contribution in [-0.4, -0.2) is 62.1 Å². The Balaban J connectivity index is 1.67. The van der Waals surface area contributed by atoms with Gasteiger partial charge in [0.25, 0.3) is 5.91 Å². The van der Waals surface area contributed by atoms with Crippen molar-refractivity contribution in [3.63, 3.8) is 0 Å². The number of benzene rings is 1. The second-order valence-corrected chi connectivity index (χ2v) is 6.25. The topological polar surface area (TPSA) is 105 Å². The van der Waals surface area contributed by atoms with Gasteiger partial charge in [-0.05, 0) is 38.1 Å². The lowest BCUT2D eigenvalue weighted by Crippen LogP contribution is -2.31. The molecule has 1 fully saturated rings. The molecule has 0 aliphatic carbocycles. The van der Waals surface area contributed by atoms with Crippen molar-refractivity contribution in [3.05, 3.63) is 47.3 Å². The number of nitrogens with zero attached hydrogens (tertiary/aromatic N) is 3. The molecule has 1 amide bonds. The number of likely N-dealkylation sites (tertiary alicyclic amines) is 1. The van der Waals surface area contributed by atoms with Crippen molar-refractivity contribution in [2.45, 2.75) is 32.6 Å². The number of carboxylic acids is 1. The summed E-state index contributed by atoms with van der Waals surface area (Å²) in [6.07, 6.45) is 0.318. The highest BCUT2D eigenvalue weighted by atomic mass is 16.5. The van der Waals surface area contributed by atoms with E-state index in [9.17, 15) is 14.7 Å². The lowest BCUT2D eigenvalue weighted by molar-refractivity contribution is 0.0693. The predicted octanol–water partition coefficient (Wildman–Crippen LogP) is 1.17. The molecule has 2 N–H and O–H groups in total. The molecule has 2 atom stereocenters. The van der Waals surface area contributed by atoms with Gasteiger partial charge in [-0.15, -0.1) is 0 Å². The van der Waals surface area contributed by atoms with Gasteiger partial charge in [0.05, 0.1) is 29.9 Å². The van der Waals surface area contributed by atoms with Gasteiger partial charge in [0.1, 0.15) is 18.0 Å². The zero-order valence-electron chi connectivity index (χ0n) is 14.6. The quantitative estimate of drug-likeness (QED) is 0.830. The number of rotatable bonds is 5. The summed E-state index contributed by atoms with van der Waals surface area (Å²) in [6, 6.07) is 5.95. The Labute approximate surface area is 150 Å².